The number of carbonyl (C=O) groups excluding carboxylic acids is 1. The molecule has 0 atom stereocenters. The maximum atomic E-state index is 11.9. The molecule has 0 saturated heterocycles. The maximum Gasteiger partial charge on any atom is 0.324 e. The second kappa shape index (κ2) is 7.81. The Balaban J connectivity index is 1.60. The van der Waals surface area contributed by atoms with Crippen LogP contribution in [0.3, 0.4) is 0 Å². The number of carbonyl (C=O) groups is 1. The third-order valence-corrected chi connectivity index (χ3v) is 4.35. The molecule has 0 radical (unpaired) electrons. The number of benzene rings is 2. The van der Waals surface area contributed by atoms with Crippen LogP contribution in [0, 0.1) is 6.92 Å². The summed E-state index contributed by atoms with van der Waals surface area (Å²) in [5, 5.41) is 8.72. The lowest BCUT2D eigenvalue weighted by atomic mass is 10.2. The van der Waals surface area contributed by atoms with Gasteiger partial charge in [-0.1, -0.05) is 40.2 Å². The summed E-state index contributed by atoms with van der Waals surface area (Å²) in [4.78, 5) is 16.2. The molecule has 1 aromatic heterocycles. The third kappa shape index (κ3) is 4.81. The van der Waals surface area contributed by atoms with Gasteiger partial charge in [-0.3, -0.25) is 5.32 Å². The van der Waals surface area contributed by atoms with Gasteiger partial charge in [0.05, 0.1) is 11.9 Å². The van der Waals surface area contributed by atoms with Crippen molar-refractivity contribution in [1.82, 2.24) is 4.98 Å². The molecule has 126 valence electrons. The first-order valence-electron chi connectivity index (χ1n) is 7.72. The molecule has 0 fully saturated rings. The fourth-order valence-corrected chi connectivity index (χ4v) is 2.56. The van der Waals surface area contributed by atoms with Crippen LogP contribution in [0.2, 0.25) is 0 Å². The van der Waals surface area contributed by atoms with Crippen LogP contribution in [0.5, 0.6) is 0 Å². The van der Waals surface area contributed by atoms with Gasteiger partial charge < -0.3 is 10.6 Å². The molecule has 6 heteroatoms. The molecule has 0 saturated carbocycles. The number of nitrogens with zero attached hydrogens (tertiary/aromatic N) is 1. The average molecular weight is 397 g/mol. The first-order chi connectivity index (χ1) is 12.1. The zero-order valence-corrected chi connectivity index (χ0v) is 15.2. The Morgan fingerprint density at radius 1 is 0.920 bits per heavy atom. The number of pyridine rings is 1. The number of hydrogen-bond acceptors (Lipinski definition) is 3. The lowest BCUT2D eigenvalue weighted by Crippen LogP contribution is -2.19. The molecule has 0 aliphatic rings. The van der Waals surface area contributed by atoms with Crippen LogP contribution in [0.15, 0.2) is 71.3 Å². The quantitative estimate of drug-likeness (QED) is 0.542. The highest BCUT2D eigenvalue weighted by molar-refractivity contribution is 9.10. The number of halogens is 1. The largest absolute Gasteiger partial charge is 0.354 e. The van der Waals surface area contributed by atoms with Crippen molar-refractivity contribution >= 4 is 44.8 Å². The summed E-state index contributed by atoms with van der Waals surface area (Å²) in [5.41, 5.74) is 3.70. The van der Waals surface area contributed by atoms with E-state index in [0.717, 1.165) is 21.5 Å². The molecule has 2 amide bonds. The fraction of sp³-hybridized carbons (Fsp3) is 0.0526. The number of nitrogens with one attached hydrogen (secondary N) is 3. The molecule has 0 spiro atoms. The highest BCUT2D eigenvalue weighted by Crippen LogP contribution is 2.23. The third-order valence-electron chi connectivity index (χ3n) is 3.50. The van der Waals surface area contributed by atoms with E-state index in [1.807, 2.05) is 61.5 Å². The SMILES string of the molecule is Cc1ccc(Nc2ccc(NC(=O)Nc3ccccc3)nc2)cc1Br. The van der Waals surface area contributed by atoms with Gasteiger partial charge in [0.25, 0.3) is 0 Å². The first kappa shape index (κ1) is 17.0. The van der Waals surface area contributed by atoms with E-state index in [0.29, 0.717) is 5.82 Å². The normalized spacial score (nSPS) is 10.2. The lowest BCUT2D eigenvalue weighted by molar-refractivity contribution is 0.262. The predicted molar refractivity (Wildman–Crippen MR) is 105 cm³/mol. The highest BCUT2D eigenvalue weighted by Gasteiger charge is 2.04. The van der Waals surface area contributed by atoms with Crippen LogP contribution in [-0.4, -0.2) is 11.0 Å². The van der Waals surface area contributed by atoms with Crippen molar-refractivity contribution in [2.45, 2.75) is 6.92 Å². The topological polar surface area (TPSA) is 66.0 Å². The Labute approximate surface area is 154 Å². The van der Waals surface area contributed by atoms with Crippen LogP contribution >= 0.6 is 15.9 Å². The predicted octanol–water partition coefficient (Wildman–Crippen LogP) is 5.54. The lowest BCUT2D eigenvalue weighted by Gasteiger charge is -2.10. The summed E-state index contributed by atoms with van der Waals surface area (Å²) in [6, 6.07) is 18.6. The Morgan fingerprint density at radius 2 is 1.68 bits per heavy atom. The van der Waals surface area contributed by atoms with Gasteiger partial charge in [0.15, 0.2) is 0 Å². The molecule has 3 aromatic rings. The van der Waals surface area contributed by atoms with Gasteiger partial charge in [-0.2, -0.15) is 0 Å². The van der Waals surface area contributed by atoms with E-state index in [4.69, 9.17) is 0 Å². The molecule has 1 heterocycles. The summed E-state index contributed by atoms with van der Waals surface area (Å²) in [6.45, 7) is 2.04. The fourth-order valence-electron chi connectivity index (χ4n) is 2.18. The van der Waals surface area contributed by atoms with Crippen LogP contribution in [0.1, 0.15) is 5.56 Å². The number of urea groups is 1. The van der Waals surface area contributed by atoms with Crippen LogP contribution in [0.25, 0.3) is 0 Å². The van der Waals surface area contributed by atoms with Crippen LogP contribution in [-0.2, 0) is 0 Å². The Kier molecular flexibility index (Phi) is 5.30. The van der Waals surface area contributed by atoms with Gasteiger partial charge in [0, 0.05) is 15.8 Å². The van der Waals surface area contributed by atoms with E-state index in [1.54, 1.807) is 12.3 Å². The van der Waals surface area contributed by atoms with Gasteiger partial charge in [0.2, 0.25) is 0 Å². The van der Waals surface area contributed by atoms with Gasteiger partial charge in [-0.05, 0) is 48.9 Å². The number of aromatic nitrogens is 1. The summed E-state index contributed by atoms with van der Waals surface area (Å²) in [5.74, 6) is 0.476. The number of amides is 2. The molecular weight excluding hydrogens is 380 g/mol. The van der Waals surface area contributed by atoms with Crippen molar-refractivity contribution in [2.24, 2.45) is 0 Å². The highest BCUT2D eigenvalue weighted by atomic mass is 79.9. The summed E-state index contributed by atoms with van der Waals surface area (Å²) in [6.07, 6.45) is 1.67. The number of para-hydroxylation sites is 1. The minimum absolute atomic E-state index is 0.332. The average Bonchev–Trinajstić information content (AvgIpc) is 2.61. The minimum Gasteiger partial charge on any atom is -0.354 e. The second-order valence-electron chi connectivity index (χ2n) is 5.47. The zero-order chi connectivity index (χ0) is 17.6. The van der Waals surface area contributed by atoms with Crippen molar-refractivity contribution < 1.29 is 4.79 Å². The van der Waals surface area contributed by atoms with Crippen molar-refractivity contribution in [3.05, 3.63) is 76.9 Å². The monoisotopic (exact) mass is 396 g/mol. The molecule has 3 N–H and O–H groups in total. The number of aryl methyl sites for hydroxylation is 1. The summed E-state index contributed by atoms with van der Waals surface area (Å²) < 4.78 is 1.04. The summed E-state index contributed by atoms with van der Waals surface area (Å²) >= 11 is 3.52. The smallest absolute Gasteiger partial charge is 0.324 e. The Bertz CT molecular complexity index is 866. The van der Waals surface area contributed by atoms with Crippen molar-refractivity contribution in [2.75, 3.05) is 16.0 Å². The molecular formula is C19H17BrN4O. The summed E-state index contributed by atoms with van der Waals surface area (Å²) in [7, 11) is 0. The molecule has 0 aliphatic carbocycles. The van der Waals surface area contributed by atoms with Crippen molar-refractivity contribution in [3.8, 4) is 0 Å². The van der Waals surface area contributed by atoms with Crippen LogP contribution in [0.4, 0.5) is 27.7 Å². The number of hydrogen-bond donors (Lipinski definition) is 3. The van der Waals surface area contributed by atoms with Gasteiger partial charge >= 0.3 is 6.03 Å². The molecule has 25 heavy (non-hydrogen) atoms. The molecule has 0 unspecified atom stereocenters. The number of anilines is 4. The second-order valence-corrected chi connectivity index (χ2v) is 6.32. The zero-order valence-electron chi connectivity index (χ0n) is 13.6. The Hall–Kier alpha value is -2.86. The van der Waals surface area contributed by atoms with E-state index < -0.39 is 0 Å². The van der Waals surface area contributed by atoms with E-state index in [-0.39, 0.29) is 6.03 Å². The standard InChI is InChI=1S/C19H17BrN4O/c1-13-7-8-15(11-17(13)20)22-16-9-10-18(21-12-16)24-19(25)23-14-5-3-2-4-6-14/h2-12,22H,1H3,(H2,21,23,24,25). The number of rotatable bonds is 4. The van der Waals surface area contributed by atoms with Crippen molar-refractivity contribution in [1.29, 1.82) is 0 Å². The van der Waals surface area contributed by atoms with Gasteiger partial charge in [0.1, 0.15) is 5.82 Å². The molecule has 2 aromatic carbocycles. The Morgan fingerprint density at radius 3 is 2.36 bits per heavy atom. The van der Waals surface area contributed by atoms with E-state index in [1.165, 1.54) is 5.56 Å². The molecule has 5 nitrogen and oxygen atoms in total. The first-order valence-corrected chi connectivity index (χ1v) is 8.52. The van der Waals surface area contributed by atoms with Crippen molar-refractivity contribution in [3.63, 3.8) is 0 Å². The van der Waals surface area contributed by atoms with Gasteiger partial charge in [-0.15, -0.1) is 0 Å². The van der Waals surface area contributed by atoms with E-state index >= 15 is 0 Å². The van der Waals surface area contributed by atoms with E-state index in [9.17, 15) is 4.79 Å². The molecule has 3 rings (SSSR count). The van der Waals surface area contributed by atoms with E-state index in [2.05, 4.69) is 36.9 Å². The molecule has 0 aliphatic heterocycles. The minimum atomic E-state index is -0.332. The maximum absolute atomic E-state index is 11.9. The van der Waals surface area contributed by atoms with Gasteiger partial charge in [-0.25, -0.2) is 9.78 Å². The van der Waals surface area contributed by atoms with Crippen LogP contribution < -0.4 is 16.0 Å². The molecule has 0 bridgehead atoms.